The molecular weight excluding hydrogens is 356 g/mol. The van der Waals surface area contributed by atoms with Crippen LogP contribution in [-0.2, 0) is 11.3 Å². The van der Waals surface area contributed by atoms with Crippen molar-refractivity contribution in [3.05, 3.63) is 83.4 Å². The standard InChI is InChI=1S/C22H16N2O4/c23-21(26)15-9-5-11-17-19(15)18-14(20(25)22(27)28)8-4-10-16(18)24(17)12-13-6-2-1-3-7-13/h1-11H,12H2,(H2,23,26)(H,27,28). The highest BCUT2D eigenvalue weighted by Gasteiger charge is 2.24. The molecule has 1 aromatic heterocycles. The van der Waals surface area contributed by atoms with Gasteiger partial charge in [0.25, 0.3) is 5.78 Å². The van der Waals surface area contributed by atoms with Gasteiger partial charge in [-0.3, -0.25) is 9.59 Å². The Labute approximate surface area is 159 Å². The third kappa shape index (κ3) is 2.72. The lowest BCUT2D eigenvalue weighted by Crippen LogP contribution is -2.14. The lowest BCUT2D eigenvalue weighted by molar-refractivity contribution is -0.131. The van der Waals surface area contributed by atoms with Crippen LogP contribution < -0.4 is 5.73 Å². The summed E-state index contributed by atoms with van der Waals surface area (Å²) in [7, 11) is 0. The van der Waals surface area contributed by atoms with Crippen molar-refractivity contribution in [2.45, 2.75) is 6.54 Å². The van der Waals surface area contributed by atoms with Crippen molar-refractivity contribution < 1.29 is 19.5 Å². The highest BCUT2D eigenvalue weighted by Crippen LogP contribution is 2.34. The molecule has 6 nitrogen and oxygen atoms in total. The number of carboxylic acids is 1. The van der Waals surface area contributed by atoms with Crippen LogP contribution in [0.3, 0.4) is 0 Å². The molecule has 0 aliphatic carbocycles. The van der Waals surface area contributed by atoms with Crippen molar-refractivity contribution in [2.75, 3.05) is 0 Å². The van der Waals surface area contributed by atoms with Crippen molar-refractivity contribution in [1.29, 1.82) is 0 Å². The summed E-state index contributed by atoms with van der Waals surface area (Å²) in [5.41, 5.74) is 8.26. The molecule has 1 heterocycles. The zero-order valence-electron chi connectivity index (χ0n) is 14.8. The second-order valence-electron chi connectivity index (χ2n) is 6.47. The van der Waals surface area contributed by atoms with Gasteiger partial charge in [0.15, 0.2) is 0 Å². The Hall–Kier alpha value is -3.93. The van der Waals surface area contributed by atoms with Gasteiger partial charge in [-0.25, -0.2) is 4.79 Å². The third-order valence-electron chi connectivity index (χ3n) is 4.80. The quantitative estimate of drug-likeness (QED) is 0.415. The summed E-state index contributed by atoms with van der Waals surface area (Å²) in [5.74, 6) is -3.21. The van der Waals surface area contributed by atoms with Gasteiger partial charge in [0, 0.05) is 28.4 Å². The Morgan fingerprint density at radius 1 is 0.786 bits per heavy atom. The van der Waals surface area contributed by atoms with Crippen LogP contribution in [-0.4, -0.2) is 27.3 Å². The van der Waals surface area contributed by atoms with Gasteiger partial charge >= 0.3 is 5.97 Å². The van der Waals surface area contributed by atoms with Crippen LogP contribution in [0.5, 0.6) is 0 Å². The lowest BCUT2D eigenvalue weighted by Gasteiger charge is -2.08. The number of nitrogens with two attached hydrogens (primary N) is 1. The number of hydrogen-bond donors (Lipinski definition) is 2. The molecule has 3 aromatic carbocycles. The average molecular weight is 372 g/mol. The first kappa shape index (κ1) is 17.5. The molecule has 4 aromatic rings. The first-order valence-corrected chi connectivity index (χ1v) is 8.64. The highest BCUT2D eigenvalue weighted by molar-refractivity contribution is 6.43. The number of Topliss-reactive ketones (excluding diaryl/α,β-unsaturated/α-hetero) is 1. The normalized spacial score (nSPS) is 11.0. The molecule has 0 aliphatic rings. The van der Waals surface area contributed by atoms with Crippen molar-refractivity contribution in [3.63, 3.8) is 0 Å². The lowest BCUT2D eigenvalue weighted by atomic mass is 9.99. The van der Waals surface area contributed by atoms with E-state index in [1.165, 1.54) is 6.07 Å². The van der Waals surface area contributed by atoms with E-state index in [0.717, 1.165) is 5.56 Å². The van der Waals surface area contributed by atoms with Crippen molar-refractivity contribution in [2.24, 2.45) is 5.73 Å². The third-order valence-corrected chi connectivity index (χ3v) is 4.80. The summed E-state index contributed by atoms with van der Waals surface area (Å²) in [6.45, 7) is 0.494. The largest absolute Gasteiger partial charge is 0.475 e. The number of carbonyl (C=O) groups is 3. The number of hydrogen-bond acceptors (Lipinski definition) is 3. The van der Waals surface area contributed by atoms with Gasteiger partial charge in [-0.2, -0.15) is 0 Å². The number of amides is 1. The number of nitrogens with zero attached hydrogens (tertiary/aromatic N) is 1. The first-order chi connectivity index (χ1) is 13.5. The summed E-state index contributed by atoms with van der Waals surface area (Å²) < 4.78 is 1.96. The molecule has 0 saturated heterocycles. The Balaban J connectivity index is 2.13. The summed E-state index contributed by atoms with van der Waals surface area (Å²) in [6.07, 6.45) is 0. The number of fused-ring (bicyclic) bond motifs is 3. The number of carboxylic acid groups (broad SMARTS) is 1. The number of benzene rings is 3. The molecule has 6 heteroatoms. The van der Waals surface area contributed by atoms with Crippen molar-refractivity contribution in [3.8, 4) is 0 Å². The molecule has 3 N–H and O–H groups in total. The zero-order chi connectivity index (χ0) is 19.8. The van der Waals surface area contributed by atoms with E-state index in [1.54, 1.807) is 18.2 Å². The molecule has 0 atom stereocenters. The molecule has 0 saturated carbocycles. The summed E-state index contributed by atoms with van der Waals surface area (Å²) in [4.78, 5) is 35.7. The van der Waals surface area contributed by atoms with E-state index in [1.807, 2.05) is 47.0 Å². The van der Waals surface area contributed by atoms with E-state index in [-0.39, 0.29) is 11.1 Å². The molecule has 0 bridgehead atoms. The molecular formula is C22H16N2O4. The SMILES string of the molecule is NC(=O)c1cccc2c1c1c(C(=O)C(=O)O)cccc1n2Cc1ccccc1. The second kappa shape index (κ2) is 6.66. The smallest absolute Gasteiger partial charge is 0.377 e. The predicted molar refractivity (Wildman–Crippen MR) is 105 cm³/mol. The summed E-state index contributed by atoms with van der Waals surface area (Å²) in [6, 6.07) is 19.8. The average Bonchev–Trinajstić information content (AvgIpc) is 3.02. The molecule has 0 unspecified atom stereocenters. The second-order valence-corrected chi connectivity index (χ2v) is 6.47. The van der Waals surface area contributed by atoms with Crippen LogP contribution in [0.4, 0.5) is 0 Å². The van der Waals surface area contributed by atoms with Crippen LogP contribution in [0.15, 0.2) is 66.7 Å². The van der Waals surface area contributed by atoms with Gasteiger partial charge in [-0.05, 0) is 29.8 Å². The van der Waals surface area contributed by atoms with Gasteiger partial charge in [0.1, 0.15) is 0 Å². The first-order valence-electron chi connectivity index (χ1n) is 8.64. The zero-order valence-corrected chi connectivity index (χ0v) is 14.8. The fraction of sp³-hybridized carbons (Fsp3) is 0.0455. The van der Waals surface area contributed by atoms with Gasteiger partial charge in [-0.15, -0.1) is 0 Å². The Kier molecular flexibility index (Phi) is 4.16. The predicted octanol–water partition coefficient (Wildman–Crippen LogP) is 3.21. The minimum absolute atomic E-state index is 0.0375. The minimum atomic E-state index is -1.55. The van der Waals surface area contributed by atoms with Crippen LogP contribution >= 0.6 is 0 Å². The molecule has 0 spiro atoms. The number of carbonyl (C=O) groups excluding carboxylic acids is 2. The Morgan fingerprint density at radius 2 is 1.36 bits per heavy atom. The van der Waals surface area contributed by atoms with E-state index in [0.29, 0.717) is 28.4 Å². The van der Waals surface area contributed by atoms with E-state index in [9.17, 15) is 19.5 Å². The summed E-state index contributed by atoms with van der Waals surface area (Å²) >= 11 is 0. The fourth-order valence-corrected chi connectivity index (χ4v) is 3.63. The topological polar surface area (TPSA) is 102 Å². The van der Waals surface area contributed by atoms with Crippen LogP contribution in [0, 0.1) is 0 Å². The Morgan fingerprint density at radius 3 is 1.93 bits per heavy atom. The number of aromatic nitrogens is 1. The number of ketones is 1. The molecule has 0 aliphatic heterocycles. The molecule has 28 heavy (non-hydrogen) atoms. The maximum absolute atomic E-state index is 12.3. The van der Waals surface area contributed by atoms with E-state index in [4.69, 9.17) is 5.73 Å². The fourth-order valence-electron chi connectivity index (χ4n) is 3.63. The number of aliphatic carboxylic acids is 1. The molecule has 1 amide bonds. The number of primary amides is 1. The maximum Gasteiger partial charge on any atom is 0.377 e. The van der Waals surface area contributed by atoms with E-state index in [2.05, 4.69) is 0 Å². The van der Waals surface area contributed by atoms with Crippen LogP contribution in [0.2, 0.25) is 0 Å². The molecule has 4 rings (SSSR count). The van der Waals surface area contributed by atoms with Crippen molar-refractivity contribution in [1.82, 2.24) is 4.57 Å². The minimum Gasteiger partial charge on any atom is -0.475 e. The van der Waals surface area contributed by atoms with Crippen LogP contribution in [0.1, 0.15) is 26.3 Å². The molecule has 0 fully saturated rings. The Bertz CT molecular complexity index is 1260. The highest BCUT2D eigenvalue weighted by atomic mass is 16.4. The number of rotatable bonds is 5. The maximum atomic E-state index is 12.3. The van der Waals surface area contributed by atoms with Gasteiger partial charge < -0.3 is 15.4 Å². The van der Waals surface area contributed by atoms with Crippen molar-refractivity contribution >= 4 is 39.5 Å². The van der Waals surface area contributed by atoms with Gasteiger partial charge in [0.2, 0.25) is 5.91 Å². The molecule has 0 radical (unpaired) electrons. The molecule has 138 valence electrons. The van der Waals surface area contributed by atoms with Gasteiger partial charge in [0.05, 0.1) is 11.0 Å². The van der Waals surface area contributed by atoms with E-state index >= 15 is 0 Å². The summed E-state index contributed by atoms with van der Waals surface area (Å²) in [5, 5.41) is 10.2. The van der Waals surface area contributed by atoms with Gasteiger partial charge in [-0.1, -0.05) is 42.5 Å². The van der Waals surface area contributed by atoms with E-state index < -0.39 is 17.7 Å². The monoisotopic (exact) mass is 372 g/mol. The van der Waals surface area contributed by atoms with Crippen LogP contribution in [0.25, 0.3) is 21.8 Å².